The van der Waals surface area contributed by atoms with Crippen LogP contribution in [0.3, 0.4) is 0 Å². The summed E-state index contributed by atoms with van der Waals surface area (Å²) in [5.41, 5.74) is 9.37. The van der Waals surface area contributed by atoms with Crippen molar-refractivity contribution >= 4 is 44.1 Å². The Morgan fingerprint density at radius 2 is 2.14 bits per heavy atom. The van der Waals surface area contributed by atoms with Gasteiger partial charge >= 0.3 is 0 Å². The number of carbonyl (C=O) groups is 1. The molecule has 2 aromatic heterocycles. The highest BCUT2D eigenvalue weighted by Crippen LogP contribution is 2.20. The summed E-state index contributed by atoms with van der Waals surface area (Å²) in [5, 5.41) is 3.72. The van der Waals surface area contributed by atoms with Crippen LogP contribution in [0.15, 0.2) is 41.1 Å². The minimum atomic E-state index is -0.215. The fourth-order valence-electron chi connectivity index (χ4n) is 2.10. The number of aromatic amines is 1. The van der Waals surface area contributed by atoms with Crippen LogP contribution in [0, 0.1) is 6.92 Å². The van der Waals surface area contributed by atoms with Gasteiger partial charge in [-0.05, 0) is 58.7 Å². The van der Waals surface area contributed by atoms with Gasteiger partial charge in [-0.3, -0.25) is 4.79 Å². The number of nitrogens with zero attached hydrogens (tertiary/aromatic N) is 1. The number of H-pyrrole nitrogens is 1. The van der Waals surface area contributed by atoms with E-state index in [0.29, 0.717) is 17.1 Å². The number of anilines is 2. The van der Waals surface area contributed by atoms with Crippen LogP contribution in [0.2, 0.25) is 0 Å². The second-order valence-corrected chi connectivity index (χ2v) is 5.57. The highest BCUT2D eigenvalue weighted by Gasteiger charge is 2.10. The average molecular weight is 345 g/mol. The number of nitrogens with one attached hydrogen (secondary N) is 2. The number of pyridine rings is 1. The number of rotatable bonds is 2. The maximum Gasteiger partial charge on any atom is 0.272 e. The van der Waals surface area contributed by atoms with Gasteiger partial charge in [0.25, 0.3) is 5.91 Å². The predicted molar refractivity (Wildman–Crippen MR) is 87.3 cm³/mol. The number of hydrogen-bond donors (Lipinski definition) is 3. The Labute approximate surface area is 129 Å². The molecule has 0 saturated carbocycles. The number of nitrogen functional groups attached to an aromatic ring is 1. The van der Waals surface area contributed by atoms with Crippen molar-refractivity contribution in [3.8, 4) is 0 Å². The minimum absolute atomic E-state index is 0.215. The molecule has 0 aliphatic rings. The third-order valence-electron chi connectivity index (χ3n) is 3.16. The van der Waals surface area contributed by atoms with Crippen molar-refractivity contribution in [2.45, 2.75) is 6.92 Å². The predicted octanol–water partition coefficient (Wildman–Crippen LogP) is 3.47. The first kappa shape index (κ1) is 13.6. The molecular formula is C15H13BrN4O. The van der Waals surface area contributed by atoms with Crippen molar-refractivity contribution in [3.63, 3.8) is 0 Å². The molecule has 0 aliphatic heterocycles. The van der Waals surface area contributed by atoms with E-state index < -0.39 is 0 Å². The van der Waals surface area contributed by atoms with Gasteiger partial charge in [-0.2, -0.15) is 0 Å². The summed E-state index contributed by atoms with van der Waals surface area (Å²) in [6.07, 6.45) is 1.61. The number of aromatic nitrogens is 2. The molecule has 106 valence electrons. The zero-order valence-electron chi connectivity index (χ0n) is 11.3. The largest absolute Gasteiger partial charge is 0.399 e. The SMILES string of the molecule is Cc1cc(NC(=O)c2cc3cc(N)ccc3[nH]2)cnc1Br. The van der Waals surface area contributed by atoms with Gasteiger partial charge in [-0.15, -0.1) is 0 Å². The second-order valence-electron chi connectivity index (χ2n) is 4.82. The summed E-state index contributed by atoms with van der Waals surface area (Å²) in [6.45, 7) is 1.92. The van der Waals surface area contributed by atoms with E-state index in [2.05, 4.69) is 31.2 Å². The average Bonchev–Trinajstić information content (AvgIpc) is 2.86. The highest BCUT2D eigenvalue weighted by molar-refractivity contribution is 9.10. The number of aryl methyl sites for hydroxylation is 1. The molecule has 1 amide bonds. The molecule has 0 saturated heterocycles. The van der Waals surface area contributed by atoms with Gasteiger partial charge in [0.15, 0.2) is 0 Å². The minimum Gasteiger partial charge on any atom is -0.399 e. The second kappa shape index (κ2) is 5.21. The van der Waals surface area contributed by atoms with Crippen LogP contribution in [0.25, 0.3) is 10.9 Å². The molecular weight excluding hydrogens is 332 g/mol. The molecule has 0 bridgehead atoms. The Morgan fingerprint density at radius 3 is 2.90 bits per heavy atom. The molecule has 0 atom stereocenters. The van der Waals surface area contributed by atoms with Crippen molar-refractivity contribution in [2.24, 2.45) is 0 Å². The monoisotopic (exact) mass is 344 g/mol. The van der Waals surface area contributed by atoms with Crippen molar-refractivity contribution in [1.82, 2.24) is 9.97 Å². The third-order valence-corrected chi connectivity index (χ3v) is 3.99. The van der Waals surface area contributed by atoms with Crippen LogP contribution in [-0.2, 0) is 0 Å². The normalized spacial score (nSPS) is 10.8. The molecule has 1 aromatic carbocycles. The Bertz CT molecular complexity index is 841. The first-order chi connectivity index (χ1) is 10.0. The lowest BCUT2D eigenvalue weighted by Crippen LogP contribution is -2.12. The first-order valence-electron chi connectivity index (χ1n) is 6.34. The molecule has 0 aliphatic carbocycles. The summed E-state index contributed by atoms with van der Waals surface area (Å²) in [6, 6.07) is 9.11. The topological polar surface area (TPSA) is 83.8 Å². The van der Waals surface area contributed by atoms with Crippen LogP contribution in [0.1, 0.15) is 16.1 Å². The van der Waals surface area contributed by atoms with E-state index in [9.17, 15) is 4.79 Å². The fraction of sp³-hybridized carbons (Fsp3) is 0.0667. The molecule has 3 aromatic rings. The maximum atomic E-state index is 12.3. The number of nitrogens with two attached hydrogens (primary N) is 1. The van der Waals surface area contributed by atoms with Gasteiger partial charge in [0, 0.05) is 16.6 Å². The Kier molecular flexibility index (Phi) is 3.39. The van der Waals surface area contributed by atoms with Gasteiger partial charge < -0.3 is 16.0 Å². The summed E-state index contributed by atoms with van der Waals surface area (Å²) in [4.78, 5) is 19.5. The van der Waals surface area contributed by atoms with E-state index in [1.54, 1.807) is 18.3 Å². The van der Waals surface area contributed by atoms with Gasteiger partial charge in [0.1, 0.15) is 10.3 Å². The van der Waals surface area contributed by atoms with E-state index >= 15 is 0 Å². The van der Waals surface area contributed by atoms with Crippen molar-refractivity contribution in [2.75, 3.05) is 11.1 Å². The molecule has 0 unspecified atom stereocenters. The van der Waals surface area contributed by atoms with E-state index in [-0.39, 0.29) is 5.91 Å². The smallest absolute Gasteiger partial charge is 0.272 e. The van der Waals surface area contributed by atoms with E-state index in [1.165, 1.54) is 0 Å². The van der Waals surface area contributed by atoms with Crippen LogP contribution >= 0.6 is 15.9 Å². The zero-order chi connectivity index (χ0) is 15.0. The molecule has 3 rings (SSSR count). The van der Waals surface area contributed by atoms with Crippen LogP contribution in [-0.4, -0.2) is 15.9 Å². The van der Waals surface area contributed by atoms with Crippen molar-refractivity contribution in [3.05, 3.63) is 52.4 Å². The first-order valence-corrected chi connectivity index (χ1v) is 7.14. The lowest BCUT2D eigenvalue weighted by molar-refractivity contribution is 0.102. The summed E-state index contributed by atoms with van der Waals surface area (Å²) >= 11 is 3.33. The lowest BCUT2D eigenvalue weighted by atomic mass is 10.2. The summed E-state index contributed by atoms with van der Waals surface area (Å²) in [5.74, 6) is -0.215. The lowest BCUT2D eigenvalue weighted by Gasteiger charge is -2.05. The van der Waals surface area contributed by atoms with E-state index in [4.69, 9.17) is 5.73 Å². The third kappa shape index (κ3) is 2.75. The standard InChI is InChI=1S/C15H13BrN4O/c1-8-4-11(7-18-14(8)16)19-15(21)13-6-9-5-10(17)2-3-12(9)20-13/h2-7,20H,17H2,1H3,(H,19,21). The number of carbonyl (C=O) groups excluding carboxylic acids is 1. The fourth-order valence-corrected chi connectivity index (χ4v) is 2.32. The number of fused-ring (bicyclic) bond motifs is 1. The molecule has 0 radical (unpaired) electrons. The van der Waals surface area contributed by atoms with E-state index in [0.717, 1.165) is 21.1 Å². The van der Waals surface area contributed by atoms with Gasteiger partial charge in [0.2, 0.25) is 0 Å². The molecule has 4 N–H and O–H groups in total. The van der Waals surface area contributed by atoms with Gasteiger partial charge in [0.05, 0.1) is 11.9 Å². The molecule has 21 heavy (non-hydrogen) atoms. The molecule has 2 heterocycles. The Hall–Kier alpha value is -2.34. The van der Waals surface area contributed by atoms with Crippen LogP contribution in [0.5, 0.6) is 0 Å². The van der Waals surface area contributed by atoms with Gasteiger partial charge in [-0.1, -0.05) is 0 Å². The highest BCUT2D eigenvalue weighted by atomic mass is 79.9. The Morgan fingerprint density at radius 1 is 1.33 bits per heavy atom. The Balaban J connectivity index is 1.87. The van der Waals surface area contributed by atoms with Gasteiger partial charge in [-0.25, -0.2) is 4.98 Å². The number of amides is 1. The molecule has 6 heteroatoms. The maximum absolute atomic E-state index is 12.3. The molecule has 0 spiro atoms. The number of hydrogen-bond acceptors (Lipinski definition) is 3. The number of benzene rings is 1. The zero-order valence-corrected chi connectivity index (χ0v) is 12.9. The summed E-state index contributed by atoms with van der Waals surface area (Å²) < 4.78 is 0.765. The summed E-state index contributed by atoms with van der Waals surface area (Å²) in [7, 11) is 0. The molecule has 5 nitrogen and oxygen atoms in total. The number of halogens is 1. The quantitative estimate of drug-likeness (QED) is 0.491. The molecule has 0 fully saturated rings. The van der Waals surface area contributed by atoms with Crippen LogP contribution in [0.4, 0.5) is 11.4 Å². The van der Waals surface area contributed by atoms with E-state index in [1.807, 2.05) is 25.1 Å². The van der Waals surface area contributed by atoms with Crippen molar-refractivity contribution in [1.29, 1.82) is 0 Å². The van der Waals surface area contributed by atoms with Crippen molar-refractivity contribution < 1.29 is 4.79 Å². The van der Waals surface area contributed by atoms with Crippen LogP contribution < -0.4 is 11.1 Å².